The standard InChI is InChI=1S/C12H20O3Si/c1-13-16(14-2,15-3)11-7-10-8-4-5-9(6-8)12(10)11/h4-5,8-12H,6-7H2,1-3H3. The van der Waals surface area contributed by atoms with Gasteiger partial charge in [-0.15, -0.1) is 0 Å². The van der Waals surface area contributed by atoms with Crippen LogP contribution in [0.15, 0.2) is 12.2 Å². The van der Waals surface area contributed by atoms with Crippen molar-refractivity contribution in [3.05, 3.63) is 12.2 Å². The first-order valence-corrected chi connectivity index (χ1v) is 7.89. The number of hydrogen-bond donors (Lipinski definition) is 0. The Bertz CT molecular complexity index is 305. The summed E-state index contributed by atoms with van der Waals surface area (Å²) in [6.07, 6.45) is 7.40. The van der Waals surface area contributed by atoms with Crippen LogP contribution >= 0.6 is 0 Å². The molecule has 3 aliphatic rings. The van der Waals surface area contributed by atoms with Crippen LogP contribution < -0.4 is 0 Å². The van der Waals surface area contributed by atoms with Crippen LogP contribution in [-0.4, -0.2) is 30.1 Å². The minimum absolute atomic E-state index is 0.525. The van der Waals surface area contributed by atoms with Gasteiger partial charge in [0.05, 0.1) is 0 Å². The summed E-state index contributed by atoms with van der Waals surface area (Å²) in [7, 11) is 2.80. The Morgan fingerprint density at radius 1 is 0.938 bits per heavy atom. The van der Waals surface area contributed by atoms with Gasteiger partial charge >= 0.3 is 8.80 Å². The highest BCUT2D eigenvalue weighted by atomic mass is 28.4. The summed E-state index contributed by atoms with van der Waals surface area (Å²) >= 11 is 0. The molecule has 5 atom stereocenters. The molecule has 0 aromatic rings. The second-order valence-corrected chi connectivity index (χ2v) is 8.42. The molecule has 0 aliphatic heterocycles. The first-order valence-electron chi connectivity index (χ1n) is 6.09. The highest BCUT2D eigenvalue weighted by Gasteiger charge is 2.65. The van der Waals surface area contributed by atoms with Crippen molar-refractivity contribution < 1.29 is 13.3 Å². The molecule has 2 bridgehead atoms. The van der Waals surface area contributed by atoms with Crippen LogP contribution in [0, 0.1) is 23.7 Å². The SMILES string of the molecule is CO[Si](OC)(OC)C1CC2C3C=CC(C3)C21. The molecule has 0 heterocycles. The van der Waals surface area contributed by atoms with E-state index in [1.54, 1.807) is 21.3 Å². The van der Waals surface area contributed by atoms with Gasteiger partial charge in [-0.05, 0) is 36.5 Å². The summed E-state index contributed by atoms with van der Waals surface area (Å²) in [5.41, 5.74) is 0.525. The molecule has 0 N–H and O–H groups in total. The van der Waals surface area contributed by atoms with Crippen LogP contribution in [0.1, 0.15) is 12.8 Å². The first-order chi connectivity index (χ1) is 7.75. The highest BCUT2D eigenvalue weighted by Crippen LogP contribution is 2.66. The van der Waals surface area contributed by atoms with E-state index >= 15 is 0 Å². The topological polar surface area (TPSA) is 27.7 Å². The lowest BCUT2D eigenvalue weighted by molar-refractivity contribution is 0.0457. The van der Waals surface area contributed by atoms with Crippen LogP contribution in [-0.2, 0) is 13.3 Å². The van der Waals surface area contributed by atoms with Gasteiger partial charge in [-0.2, -0.15) is 0 Å². The van der Waals surface area contributed by atoms with Gasteiger partial charge in [-0.25, -0.2) is 0 Å². The normalized spacial score (nSPS) is 44.6. The van der Waals surface area contributed by atoms with Gasteiger partial charge in [0.25, 0.3) is 0 Å². The molecule has 0 amide bonds. The summed E-state index contributed by atoms with van der Waals surface area (Å²) in [5.74, 6) is 3.25. The zero-order valence-corrected chi connectivity index (χ0v) is 11.2. The molecule has 0 aromatic heterocycles. The summed E-state index contributed by atoms with van der Waals surface area (Å²) < 4.78 is 16.9. The predicted molar refractivity (Wildman–Crippen MR) is 62.9 cm³/mol. The lowest BCUT2D eigenvalue weighted by Gasteiger charge is -2.50. The van der Waals surface area contributed by atoms with Crippen molar-refractivity contribution in [3.63, 3.8) is 0 Å². The van der Waals surface area contributed by atoms with Crippen molar-refractivity contribution in [2.75, 3.05) is 21.3 Å². The van der Waals surface area contributed by atoms with Crippen LogP contribution in [0.5, 0.6) is 0 Å². The maximum Gasteiger partial charge on any atom is 0.503 e. The monoisotopic (exact) mass is 240 g/mol. The number of fused-ring (bicyclic) bond motifs is 5. The number of rotatable bonds is 4. The summed E-state index contributed by atoms with van der Waals surface area (Å²) in [5, 5.41) is 0. The average molecular weight is 240 g/mol. The van der Waals surface area contributed by atoms with Crippen LogP contribution in [0.3, 0.4) is 0 Å². The van der Waals surface area contributed by atoms with E-state index in [0.717, 1.165) is 23.7 Å². The fraction of sp³-hybridized carbons (Fsp3) is 0.833. The quantitative estimate of drug-likeness (QED) is 0.556. The average Bonchev–Trinajstić information content (AvgIpc) is 2.81. The molecule has 16 heavy (non-hydrogen) atoms. The van der Waals surface area contributed by atoms with E-state index in [1.165, 1.54) is 12.8 Å². The first kappa shape index (κ1) is 11.0. The Labute approximate surface area is 98.1 Å². The number of allylic oxidation sites excluding steroid dienone is 2. The third kappa shape index (κ3) is 1.19. The molecule has 0 radical (unpaired) electrons. The second kappa shape index (κ2) is 3.67. The molecule has 0 saturated heterocycles. The van der Waals surface area contributed by atoms with Gasteiger partial charge in [0.15, 0.2) is 0 Å². The highest BCUT2D eigenvalue weighted by molar-refractivity contribution is 6.62. The molecule has 90 valence electrons. The van der Waals surface area contributed by atoms with Crippen molar-refractivity contribution >= 4 is 8.80 Å². The van der Waals surface area contributed by atoms with Crippen molar-refractivity contribution in [2.45, 2.75) is 18.4 Å². The predicted octanol–water partition coefficient (Wildman–Crippen LogP) is 2.08. The summed E-state index contributed by atoms with van der Waals surface area (Å²) in [4.78, 5) is 0. The van der Waals surface area contributed by atoms with Crippen LogP contribution in [0.4, 0.5) is 0 Å². The molecule has 0 aromatic carbocycles. The van der Waals surface area contributed by atoms with Gasteiger partial charge in [-0.1, -0.05) is 12.2 Å². The minimum atomic E-state index is -2.39. The molecule has 5 unspecified atom stereocenters. The zero-order chi connectivity index (χ0) is 11.3. The van der Waals surface area contributed by atoms with E-state index in [-0.39, 0.29) is 0 Å². The van der Waals surface area contributed by atoms with Crippen molar-refractivity contribution in [1.29, 1.82) is 0 Å². The maximum absolute atomic E-state index is 5.63. The van der Waals surface area contributed by atoms with Crippen molar-refractivity contribution in [2.24, 2.45) is 23.7 Å². The lowest BCUT2D eigenvalue weighted by Crippen LogP contribution is -2.57. The fourth-order valence-corrected chi connectivity index (χ4v) is 7.16. The van der Waals surface area contributed by atoms with Crippen molar-refractivity contribution in [3.8, 4) is 0 Å². The smallest absolute Gasteiger partial charge is 0.377 e. The van der Waals surface area contributed by atoms with Gasteiger partial charge in [-0.3, -0.25) is 0 Å². The molecule has 2 fully saturated rings. The third-order valence-electron chi connectivity index (χ3n) is 4.99. The molecule has 3 nitrogen and oxygen atoms in total. The Balaban J connectivity index is 1.81. The van der Waals surface area contributed by atoms with Gasteiger partial charge in [0.2, 0.25) is 0 Å². The van der Waals surface area contributed by atoms with Crippen LogP contribution in [0.25, 0.3) is 0 Å². The molecule has 4 heteroatoms. The Kier molecular flexibility index (Phi) is 2.51. The van der Waals surface area contributed by atoms with Crippen molar-refractivity contribution in [1.82, 2.24) is 0 Å². The molecule has 3 aliphatic carbocycles. The van der Waals surface area contributed by atoms with Gasteiger partial charge in [0.1, 0.15) is 0 Å². The summed E-state index contributed by atoms with van der Waals surface area (Å²) in [6.45, 7) is 0. The minimum Gasteiger partial charge on any atom is -0.377 e. The largest absolute Gasteiger partial charge is 0.503 e. The van der Waals surface area contributed by atoms with Gasteiger partial charge < -0.3 is 13.3 Å². The van der Waals surface area contributed by atoms with E-state index in [0.29, 0.717) is 5.54 Å². The van der Waals surface area contributed by atoms with E-state index < -0.39 is 8.80 Å². The molecular formula is C12H20O3Si. The van der Waals surface area contributed by atoms with E-state index in [9.17, 15) is 0 Å². The maximum atomic E-state index is 5.63. The summed E-state index contributed by atoms with van der Waals surface area (Å²) in [6, 6.07) is 0. The lowest BCUT2D eigenvalue weighted by atomic mass is 9.67. The second-order valence-electron chi connectivity index (χ2n) is 5.25. The van der Waals surface area contributed by atoms with Crippen LogP contribution in [0.2, 0.25) is 5.54 Å². The Hall–Kier alpha value is -0.163. The van der Waals surface area contributed by atoms with Gasteiger partial charge in [0, 0.05) is 26.9 Å². The van der Waals surface area contributed by atoms with E-state index in [4.69, 9.17) is 13.3 Å². The number of hydrogen-bond acceptors (Lipinski definition) is 3. The van der Waals surface area contributed by atoms with E-state index in [2.05, 4.69) is 12.2 Å². The Morgan fingerprint density at radius 2 is 1.56 bits per heavy atom. The fourth-order valence-electron chi connectivity index (χ4n) is 4.23. The van der Waals surface area contributed by atoms with E-state index in [1.807, 2.05) is 0 Å². The molecule has 3 rings (SSSR count). The third-order valence-corrected chi connectivity index (χ3v) is 8.22. The molecular weight excluding hydrogens is 220 g/mol. The Morgan fingerprint density at radius 3 is 2.12 bits per heavy atom. The molecule has 0 spiro atoms. The zero-order valence-electron chi connectivity index (χ0n) is 10.2. The molecule has 2 saturated carbocycles.